The number of carbonyl (C=O) groups is 1. The van der Waals surface area contributed by atoms with Gasteiger partial charge in [-0.1, -0.05) is 23.7 Å². The molecule has 1 fully saturated rings. The Morgan fingerprint density at radius 1 is 1.26 bits per heavy atom. The minimum Gasteiger partial charge on any atom is -0.382 e. The standard InChI is InChI=1S/C21H22ClN3O2/c1-15(26)17-2-3-18(13-23)20(12-17)24-14-21(25-8-10-27-11-9-25)16-4-6-19(22)7-5-16/h2-7,12,21,24H,8-11,14H2,1H3. The molecule has 0 bridgehead atoms. The number of hydrogen-bond donors (Lipinski definition) is 1. The van der Waals surface area contributed by atoms with Crippen LogP contribution in [0, 0.1) is 11.3 Å². The molecule has 140 valence electrons. The van der Waals surface area contributed by atoms with Crippen LogP contribution >= 0.6 is 11.6 Å². The third kappa shape index (κ3) is 4.86. The van der Waals surface area contributed by atoms with Crippen LogP contribution in [0.3, 0.4) is 0 Å². The molecule has 0 spiro atoms. The molecule has 5 nitrogen and oxygen atoms in total. The van der Waals surface area contributed by atoms with Crippen molar-refractivity contribution >= 4 is 23.1 Å². The normalized spacial score (nSPS) is 15.7. The van der Waals surface area contributed by atoms with E-state index >= 15 is 0 Å². The molecule has 1 heterocycles. The molecule has 27 heavy (non-hydrogen) atoms. The van der Waals surface area contributed by atoms with Gasteiger partial charge < -0.3 is 10.1 Å². The van der Waals surface area contributed by atoms with Crippen molar-refractivity contribution in [3.63, 3.8) is 0 Å². The molecule has 3 rings (SSSR count). The van der Waals surface area contributed by atoms with E-state index in [4.69, 9.17) is 16.3 Å². The smallest absolute Gasteiger partial charge is 0.159 e. The first kappa shape index (κ1) is 19.4. The highest BCUT2D eigenvalue weighted by atomic mass is 35.5. The molecular formula is C21H22ClN3O2. The largest absolute Gasteiger partial charge is 0.382 e. The topological polar surface area (TPSA) is 65.4 Å². The molecule has 1 aliphatic heterocycles. The number of halogens is 1. The summed E-state index contributed by atoms with van der Waals surface area (Å²) in [6.07, 6.45) is 0. The average Bonchev–Trinajstić information content (AvgIpc) is 2.70. The molecule has 0 amide bonds. The van der Waals surface area contributed by atoms with Crippen molar-refractivity contribution < 1.29 is 9.53 Å². The number of ketones is 1. The van der Waals surface area contributed by atoms with E-state index in [2.05, 4.69) is 16.3 Å². The van der Waals surface area contributed by atoms with Gasteiger partial charge in [0.25, 0.3) is 0 Å². The Labute approximate surface area is 164 Å². The number of nitriles is 1. The summed E-state index contributed by atoms with van der Waals surface area (Å²) in [6.45, 7) is 5.22. The van der Waals surface area contributed by atoms with Gasteiger partial charge in [0.2, 0.25) is 0 Å². The van der Waals surface area contributed by atoms with Crippen LogP contribution in [0.15, 0.2) is 42.5 Å². The summed E-state index contributed by atoms with van der Waals surface area (Å²) >= 11 is 6.04. The van der Waals surface area contributed by atoms with Crippen LogP contribution < -0.4 is 5.32 Å². The minimum atomic E-state index is -0.0232. The maximum atomic E-state index is 11.7. The lowest BCUT2D eigenvalue weighted by Crippen LogP contribution is -2.41. The molecule has 0 saturated carbocycles. The zero-order chi connectivity index (χ0) is 19.2. The Bertz CT molecular complexity index is 839. The lowest BCUT2D eigenvalue weighted by Gasteiger charge is -2.35. The number of hydrogen-bond acceptors (Lipinski definition) is 5. The van der Waals surface area contributed by atoms with Crippen LogP contribution in [-0.4, -0.2) is 43.5 Å². The van der Waals surface area contributed by atoms with Gasteiger partial charge in [-0.3, -0.25) is 9.69 Å². The van der Waals surface area contributed by atoms with Crippen molar-refractivity contribution in [2.24, 2.45) is 0 Å². The molecule has 1 saturated heterocycles. The Kier molecular flexibility index (Phi) is 6.46. The van der Waals surface area contributed by atoms with E-state index in [0.29, 0.717) is 41.6 Å². The Morgan fingerprint density at radius 3 is 2.59 bits per heavy atom. The van der Waals surface area contributed by atoms with Gasteiger partial charge in [0.1, 0.15) is 6.07 Å². The summed E-state index contributed by atoms with van der Waals surface area (Å²) in [4.78, 5) is 14.1. The van der Waals surface area contributed by atoms with Crippen LogP contribution in [0.1, 0.15) is 34.5 Å². The van der Waals surface area contributed by atoms with Crippen molar-refractivity contribution in [2.75, 3.05) is 38.2 Å². The minimum absolute atomic E-state index is 0.0232. The molecule has 1 atom stereocenters. The summed E-state index contributed by atoms with van der Waals surface area (Å²) in [5.74, 6) is -0.0232. The number of benzene rings is 2. The number of anilines is 1. The van der Waals surface area contributed by atoms with Crippen LogP contribution in [0.4, 0.5) is 5.69 Å². The SMILES string of the molecule is CC(=O)c1ccc(C#N)c(NCC(c2ccc(Cl)cc2)N2CCOCC2)c1. The second kappa shape index (κ2) is 9.01. The third-order valence-corrected chi connectivity index (χ3v) is 5.03. The van der Waals surface area contributed by atoms with Gasteiger partial charge in [-0.2, -0.15) is 5.26 Å². The van der Waals surface area contributed by atoms with Gasteiger partial charge in [0, 0.05) is 30.2 Å². The summed E-state index contributed by atoms with van der Waals surface area (Å²) in [5.41, 5.74) is 2.94. The van der Waals surface area contributed by atoms with E-state index in [9.17, 15) is 10.1 Å². The summed E-state index contributed by atoms with van der Waals surface area (Å²) < 4.78 is 5.48. The fourth-order valence-electron chi connectivity index (χ4n) is 3.25. The van der Waals surface area contributed by atoms with E-state index in [0.717, 1.165) is 18.7 Å². The van der Waals surface area contributed by atoms with E-state index < -0.39 is 0 Å². The van der Waals surface area contributed by atoms with Crippen LogP contribution in [-0.2, 0) is 4.74 Å². The molecule has 1 unspecified atom stereocenters. The van der Waals surface area contributed by atoms with Crippen molar-refractivity contribution in [3.8, 4) is 6.07 Å². The lowest BCUT2D eigenvalue weighted by atomic mass is 10.0. The third-order valence-electron chi connectivity index (χ3n) is 4.77. The fraction of sp³-hybridized carbons (Fsp3) is 0.333. The highest BCUT2D eigenvalue weighted by Gasteiger charge is 2.23. The van der Waals surface area contributed by atoms with E-state index in [1.807, 2.05) is 24.3 Å². The average molecular weight is 384 g/mol. The van der Waals surface area contributed by atoms with Gasteiger partial charge in [0.15, 0.2) is 5.78 Å². The maximum Gasteiger partial charge on any atom is 0.159 e. The number of nitrogens with one attached hydrogen (secondary N) is 1. The molecule has 0 aliphatic carbocycles. The summed E-state index contributed by atoms with van der Waals surface area (Å²) in [5, 5.41) is 13.5. The molecular weight excluding hydrogens is 362 g/mol. The van der Waals surface area contributed by atoms with Crippen molar-refractivity contribution in [3.05, 3.63) is 64.2 Å². The summed E-state index contributed by atoms with van der Waals surface area (Å²) in [7, 11) is 0. The highest BCUT2D eigenvalue weighted by Crippen LogP contribution is 2.25. The first-order valence-electron chi connectivity index (χ1n) is 8.94. The fourth-order valence-corrected chi connectivity index (χ4v) is 3.37. The predicted octanol–water partition coefficient (Wildman–Crippen LogP) is 3.90. The highest BCUT2D eigenvalue weighted by molar-refractivity contribution is 6.30. The maximum absolute atomic E-state index is 11.7. The van der Waals surface area contributed by atoms with Gasteiger partial charge in [0.05, 0.1) is 30.5 Å². The second-order valence-corrected chi connectivity index (χ2v) is 6.96. The predicted molar refractivity (Wildman–Crippen MR) is 106 cm³/mol. The molecule has 0 aromatic heterocycles. The first-order chi connectivity index (χ1) is 13.1. The van der Waals surface area contributed by atoms with Crippen LogP contribution in [0.2, 0.25) is 5.02 Å². The quantitative estimate of drug-likeness (QED) is 0.766. The number of ether oxygens (including phenoxy) is 1. The zero-order valence-corrected chi connectivity index (χ0v) is 16.0. The van der Waals surface area contributed by atoms with Gasteiger partial charge in [-0.25, -0.2) is 0 Å². The lowest BCUT2D eigenvalue weighted by molar-refractivity contribution is 0.0187. The van der Waals surface area contributed by atoms with E-state index in [-0.39, 0.29) is 11.8 Å². The van der Waals surface area contributed by atoms with Crippen molar-refractivity contribution in [2.45, 2.75) is 13.0 Å². The first-order valence-corrected chi connectivity index (χ1v) is 9.32. The number of Topliss-reactive ketones (excluding diaryl/α,β-unsaturated/α-hetero) is 1. The second-order valence-electron chi connectivity index (χ2n) is 6.52. The number of carbonyl (C=O) groups excluding carboxylic acids is 1. The van der Waals surface area contributed by atoms with E-state index in [1.165, 1.54) is 6.92 Å². The molecule has 0 radical (unpaired) electrons. The molecule has 2 aromatic carbocycles. The Hall–Kier alpha value is -2.39. The van der Waals surface area contributed by atoms with Gasteiger partial charge in [-0.15, -0.1) is 0 Å². The van der Waals surface area contributed by atoms with Crippen LogP contribution in [0.5, 0.6) is 0 Å². The van der Waals surface area contributed by atoms with Crippen LogP contribution in [0.25, 0.3) is 0 Å². The van der Waals surface area contributed by atoms with Gasteiger partial charge >= 0.3 is 0 Å². The van der Waals surface area contributed by atoms with Crippen molar-refractivity contribution in [1.29, 1.82) is 5.26 Å². The molecule has 1 aliphatic rings. The summed E-state index contributed by atoms with van der Waals surface area (Å²) in [6, 6.07) is 15.3. The monoisotopic (exact) mass is 383 g/mol. The molecule has 1 N–H and O–H groups in total. The number of morpholine rings is 1. The Morgan fingerprint density at radius 2 is 1.96 bits per heavy atom. The Balaban J connectivity index is 1.84. The van der Waals surface area contributed by atoms with Crippen molar-refractivity contribution in [1.82, 2.24) is 4.90 Å². The number of nitrogens with zero attached hydrogens (tertiary/aromatic N) is 2. The van der Waals surface area contributed by atoms with E-state index in [1.54, 1.807) is 18.2 Å². The molecule has 2 aromatic rings. The zero-order valence-electron chi connectivity index (χ0n) is 15.2. The molecule has 6 heteroatoms. The van der Waals surface area contributed by atoms with Gasteiger partial charge in [-0.05, 0) is 42.8 Å². The number of rotatable bonds is 6.